The fourth-order valence-corrected chi connectivity index (χ4v) is 3.99. The van der Waals surface area contributed by atoms with Crippen LogP contribution >= 0.6 is 0 Å². The molecular weight excluding hydrogens is 529 g/mol. The predicted octanol–water partition coefficient (Wildman–Crippen LogP) is 7.58. The maximum absolute atomic E-state index is 13.8. The molecule has 1 heterocycles. The Bertz CT molecular complexity index is 1380. The summed E-state index contributed by atoms with van der Waals surface area (Å²) in [5.74, 6) is -1.16. The summed E-state index contributed by atoms with van der Waals surface area (Å²) in [7, 11) is 0. The highest BCUT2D eigenvalue weighted by Crippen LogP contribution is 2.40. The first-order valence-corrected chi connectivity index (χ1v) is 11.7. The molecule has 0 aliphatic rings. The van der Waals surface area contributed by atoms with Gasteiger partial charge >= 0.3 is 12.4 Å². The minimum atomic E-state index is -5.08. The van der Waals surface area contributed by atoms with Gasteiger partial charge in [0.05, 0.1) is 28.4 Å². The van der Waals surface area contributed by atoms with Gasteiger partial charge in [-0.1, -0.05) is 6.07 Å². The zero-order valence-corrected chi connectivity index (χ0v) is 21.3. The maximum atomic E-state index is 13.8. The molecule has 5 nitrogen and oxygen atoms in total. The molecule has 0 radical (unpaired) electrons. The van der Waals surface area contributed by atoms with Crippen LogP contribution in [0.1, 0.15) is 48.6 Å². The lowest BCUT2D eigenvalue weighted by Gasteiger charge is -2.27. The second-order valence-corrected chi connectivity index (χ2v) is 9.32. The van der Waals surface area contributed by atoms with E-state index >= 15 is 0 Å². The Morgan fingerprint density at radius 1 is 0.974 bits per heavy atom. The minimum absolute atomic E-state index is 0.00731. The number of aryl methyl sites for hydroxylation is 1. The Morgan fingerprint density at radius 3 is 2.03 bits per heavy atom. The third kappa shape index (κ3) is 6.21. The lowest BCUT2D eigenvalue weighted by molar-refractivity contribution is -0.143. The van der Waals surface area contributed by atoms with Crippen LogP contribution in [-0.4, -0.2) is 23.7 Å². The van der Waals surface area contributed by atoms with E-state index in [0.717, 1.165) is 6.21 Å². The molecule has 12 heteroatoms. The molecule has 2 aromatic carbocycles. The van der Waals surface area contributed by atoms with Crippen LogP contribution in [0, 0.1) is 18.2 Å². The second kappa shape index (κ2) is 10.7. The number of rotatable bonds is 7. The molecule has 0 saturated carbocycles. The topological polar surface area (TPSA) is 77.9 Å². The van der Waals surface area contributed by atoms with Crippen LogP contribution in [0.5, 0.6) is 0 Å². The molecule has 0 aliphatic heterocycles. The summed E-state index contributed by atoms with van der Waals surface area (Å²) in [6.07, 6.45) is -7.93. The first-order chi connectivity index (χ1) is 18.0. The number of anilines is 2. The number of nitrogens with zero attached hydrogens (tertiary/aromatic N) is 1. The average Bonchev–Trinajstić information content (AvgIpc) is 2.83. The number of aromatic nitrogens is 1. The normalized spacial score (nSPS) is 12.3. The van der Waals surface area contributed by atoms with Gasteiger partial charge in [-0.2, -0.15) is 26.3 Å². The Balaban J connectivity index is 2.17. The number of halogens is 7. The van der Waals surface area contributed by atoms with E-state index in [0.29, 0.717) is 29.8 Å². The molecule has 0 atom stereocenters. The van der Waals surface area contributed by atoms with Crippen molar-refractivity contribution in [3.05, 3.63) is 76.2 Å². The Hall–Kier alpha value is -3.96. The molecule has 3 rings (SSSR count). The van der Waals surface area contributed by atoms with Gasteiger partial charge in [-0.05, 0) is 74.7 Å². The van der Waals surface area contributed by atoms with Gasteiger partial charge in [0.1, 0.15) is 11.6 Å². The first kappa shape index (κ1) is 29.6. The van der Waals surface area contributed by atoms with E-state index in [1.807, 2.05) is 0 Å². The van der Waals surface area contributed by atoms with Gasteiger partial charge < -0.3 is 16.0 Å². The number of hydrogen-bond donors (Lipinski definition) is 3. The van der Waals surface area contributed by atoms with Crippen LogP contribution in [0.25, 0.3) is 11.1 Å². The fourth-order valence-electron chi connectivity index (χ4n) is 3.99. The van der Waals surface area contributed by atoms with Crippen molar-refractivity contribution in [2.24, 2.45) is 0 Å². The van der Waals surface area contributed by atoms with Gasteiger partial charge in [0.2, 0.25) is 5.91 Å². The largest absolute Gasteiger partial charge is 0.416 e. The molecule has 208 valence electrons. The summed E-state index contributed by atoms with van der Waals surface area (Å²) in [5.41, 5.74) is -4.04. The SMILES string of the molecule is CCNc1ncc(NC(=O)C(C)(C)c2cc(C(F)(F)F)cc(C(F)(F)F)c2)c(-c2ccc(F)cc2C)c1C=N. The molecule has 0 bridgehead atoms. The van der Waals surface area contributed by atoms with Crippen LogP contribution in [0.2, 0.25) is 0 Å². The highest BCUT2D eigenvalue weighted by atomic mass is 19.4. The number of carbonyl (C=O) groups excluding carboxylic acids is 1. The van der Waals surface area contributed by atoms with Crippen LogP contribution in [-0.2, 0) is 22.6 Å². The van der Waals surface area contributed by atoms with E-state index in [4.69, 9.17) is 5.41 Å². The molecule has 1 aromatic heterocycles. The summed E-state index contributed by atoms with van der Waals surface area (Å²) < 4.78 is 94.4. The van der Waals surface area contributed by atoms with Crippen molar-refractivity contribution >= 4 is 23.6 Å². The van der Waals surface area contributed by atoms with E-state index in [9.17, 15) is 35.5 Å². The molecule has 0 saturated heterocycles. The van der Waals surface area contributed by atoms with E-state index in [1.165, 1.54) is 38.2 Å². The molecule has 3 N–H and O–H groups in total. The van der Waals surface area contributed by atoms with Crippen molar-refractivity contribution < 1.29 is 35.5 Å². The van der Waals surface area contributed by atoms with Crippen LogP contribution in [0.4, 0.5) is 42.2 Å². The zero-order chi connectivity index (χ0) is 29.3. The number of hydrogen-bond acceptors (Lipinski definition) is 4. The molecule has 1 amide bonds. The summed E-state index contributed by atoms with van der Waals surface area (Å²) in [4.78, 5) is 17.7. The monoisotopic (exact) mass is 554 g/mol. The standard InChI is InChI=1S/C27H25F7N4O/c1-5-36-23-20(12-35)22(19-7-6-18(28)8-14(19)2)21(13-37-23)38-24(39)25(3,4)15-9-16(26(29,30)31)11-17(10-15)27(32,33)34/h6-13,35H,5H2,1-4H3,(H,36,37)(H,38,39). The Morgan fingerprint density at radius 2 is 1.54 bits per heavy atom. The summed E-state index contributed by atoms with van der Waals surface area (Å²) in [6, 6.07) is 4.87. The lowest BCUT2D eigenvalue weighted by Crippen LogP contribution is -2.35. The fraction of sp³-hybridized carbons (Fsp3) is 0.296. The van der Waals surface area contributed by atoms with E-state index in [2.05, 4.69) is 15.6 Å². The summed E-state index contributed by atoms with van der Waals surface area (Å²) >= 11 is 0. The van der Waals surface area contributed by atoms with Gasteiger partial charge in [0, 0.05) is 23.9 Å². The summed E-state index contributed by atoms with van der Waals surface area (Å²) in [6.45, 7) is 6.22. The number of carbonyl (C=O) groups is 1. The molecule has 39 heavy (non-hydrogen) atoms. The molecule has 0 unspecified atom stereocenters. The van der Waals surface area contributed by atoms with Crippen molar-refractivity contribution in [3.63, 3.8) is 0 Å². The van der Waals surface area contributed by atoms with E-state index in [1.54, 1.807) is 13.8 Å². The number of nitrogens with one attached hydrogen (secondary N) is 3. The summed E-state index contributed by atoms with van der Waals surface area (Å²) in [5, 5.41) is 13.5. The average molecular weight is 555 g/mol. The Labute approximate surface area is 220 Å². The number of pyridine rings is 1. The molecular formula is C27H25F7N4O. The highest BCUT2D eigenvalue weighted by Gasteiger charge is 2.40. The third-order valence-corrected chi connectivity index (χ3v) is 6.19. The predicted molar refractivity (Wildman–Crippen MR) is 135 cm³/mol. The van der Waals surface area contributed by atoms with Gasteiger partial charge in [-0.15, -0.1) is 0 Å². The third-order valence-electron chi connectivity index (χ3n) is 6.19. The quantitative estimate of drug-likeness (QED) is 0.208. The number of amides is 1. The van der Waals surface area contributed by atoms with Gasteiger partial charge in [0.15, 0.2) is 0 Å². The van der Waals surface area contributed by atoms with E-state index < -0.39 is 46.2 Å². The van der Waals surface area contributed by atoms with Crippen molar-refractivity contribution in [3.8, 4) is 11.1 Å². The van der Waals surface area contributed by atoms with Crippen LogP contribution < -0.4 is 10.6 Å². The van der Waals surface area contributed by atoms with Crippen LogP contribution in [0.3, 0.4) is 0 Å². The highest BCUT2D eigenvalue weighted by molar-refractivity contribution is 6.06. The second-order valence-electron chi connectivity index (χ2n) is 9.32. The van der Waals surface area contributed by atoms with Gasteiger partial charge in [-0.3, -0.25) is 4.79 Å². The smallest absolute Gasteiger partial charge is 0.370 e. The first-order valence-electron chi connectivity index (χ1n) is 11.7. The van der Waals surface area contributed by atoms with Gasteiger partial charge in [0.25, 0.3) is 0 Å². The van der Waals surface area contributed by atoms with Crippen molar-refractivity contribution in [1.82, 2.24) is 4.98 Å². The minimum Gasteiger partial charge on any atom is -0.370 e. The number of benzene rings is 2. The van der Waals surface area contributed by atoms with Crippen molar-refractivity contribution in [2.45, 2.75) is 45.5 Å². The van der Waals surface area contributed by atoms with E-state index in [-0.39, 0.29) is 28.7 Å². The van der Waals surface area contributed by atoms with Crippen LogP contribution in [0.15, 0.2) is 42.6 Å². The number of alkyl halides is 6. The van der Waals surface area contributed by atoms with Crippen molar-refractivity contribution in [1.29, 1.82) is 5.41 Å². The molecule has 0 aliphatic carbocycles. The molecule has 0 fully saturated rings. The lowest BCUT2D eigenvalue weighted by atomic mass is 9.81. The molecule has 3 aromatic rings. The maximum Gasteiger partial charge on any atom is 0.416 e. The van der Waals surface area contributed by atoms with Gasteiger partial charge in [-0.25, -0.2) is 9.37 Å². The molecule has 0 spiro atoms. The zero-order valence-electron chi connectivity index (χ0n) is 21.3. The van der Waals surface area contributed by atoms with Crippen molar-refractivity contribution in [2.75, 3.05) is 17.2 Å². The Kier molecular flexibility index (Phi) is 8.09.